The van der Waals surface area contributed by atoms with E-state index in [-0.39, 0.29) is 29.3 Å². The zero-order valence-electron chi connectivity index (χ0n) is 15.1. The van der Waals surface area contributed by atoms with Gasteiger partial charge in [-0.3, -0.25) is 14.6 Å². The summed E-state index contributed by atoms with van der Waals surface area (Å²) >= 11 is 0. The van der Waals surface area contributed by atoms with Gasteiger partial charge in [0.1, 0.15) is 5.71 Å². The standard InChI is InChI=1S/C19H26N4O2/c1-13-5-7-15(8-6-13)18(24)21-14(2)17(20-3)19(25)22-16-9-11-23(4)12-10-16/h5-8,16H,2,9-12H2,1,3-4H3,(H,21,24)(H,22,25)/b20-17+. The first kappa shape index (κ1) is 18.9. The van der Waals surface area contributed by atoms with Crippen LogP contribution < -0.4 is 10.6 Å². The van der Waals surface area contributed by atoms with Crippen molar-refractivity contribution in [3.63, 3.8) is 0 Å². The molecule has 1 fully saturated rings. The van der Waals surface area contributed by atoms with Crippen molar-refractivity contribution in [2.24, 2.45) is 4.99 Å². The summed E-state index contributed by atoms with van der Waals surface area (Å²) in [6.45, 7) is 7.66. The topological polar surface area (TPSA) is 73.8 Å². The largest absolute Gasteiger partial charge is 0.348 e. The molecular weight excluding hydrogens is 316 g/mol. The number of piperidine rings is 1. The number of hydrogen-bond donors (Lipinski definition) is 2. The Bertz CT molecular complexity index is 671. The van der Waals surface area contributed by atoms with Crippen LogP contribution in [0.4, 0.5) is 0 Å². The minimum absolute atomic E-state index is 0.126. The lowest BCUT2D eigenvalue weighted by molar-refractivity contribution is -0.115. The van der Waals surface area contributed by atoms with Gasteiger partial charge in [0.2, 0.25) is 0 Å². The molecular formula is C19H26N4O2. The lowest BCUT2D eigenvalue weighted by Gasteiger charge is -2.29. The number of likely N-dealkylation sites (tertiary alicyclic amines) is 1. The zero-order valence-corrected chi connectivity index (χ0v) is 15.1. The van der Waals surface area contributed by atoms with Crippen molar-refractivity contribution in [3.05, 3.63) is 47.7 Å². The van der Waals surface area contributed by atoms with Gasteiger partial charge in [0.05, 0.1) is 5.70 Å². The fourth-order valence-electron chi connectivity index (χ4n) is 2.75. The Hall–Kier alpha value is -2.47. The predicted molar refractivity (Wildman–Crippen MR) is 99.8 cm³/mol. The molecule has 0 unspecified atom stereocenters. The van der Waals surface area contributed by atoms with Gasteiger partial charge in [0.25, 0.3) is 11.8 Å². The molecule has 0 aromatic heterocycles. The Morgan fingerprint density at radius 1 is 1.20 bits per heavy atom. The summed E-state index contributed by atoms with van der Waals surface area (Å²) in [5.41, 5.74) is 1.94. The average molecular weight is 342 g/mol. The van der Waals surface area contributed by atoms with Gasteiger partial charge in [-0.1, -0.05) is 24.3 Å². The fourth-order valence-corrected chi connectivity index (χ4v) is 2.75. The van der Waals surface area contributed by atoms with Crippen molar-refractivity contribution >= 4 is 17.5 Å². The third-order valence-electron chi connectivity index (χ3n) is 4.36. The van der Waals surface area contributed by atoms with Crippen LogP contribution in [0.2, 0.25) is 0 Å². The molecule has 1 aromatic rings. The summed E-state index contributed by atoms with van der Waals surface area (Å²) in [6.07, 6.45) is 1.81. The number of benzene rings is 1. The molecule has 1 aromatic carbocycles. The third-order valence-corrected chi connectivity index (χ3v) is 4.36. The smallest absolute Gasteiger partial charge is 0.271 e. The monoisotopic (exact) mass is 342 g/mol. The highest BCUT2D eigenvalue weighted by molar-refractivity contribution is 6.45. The molecule has 0 saturated carbocycles. The van der Waals surface area contributed by atoms with E-state index in [9.17, 15) is 9.59 Å². The molecule has 0 radical (unpaired) electrons. The molecule has 25 heavy (non-hydrogen) atoms. The van der Waals surface area contributed by atoms with Crippen molar-refractivity contribution < 1.29 is 9.59 Å². The number of rotatable bonds is 5. The Labute approximate surface area is 149 Å². The number of carbonyl (C=O) groups excluding carboxylic acids is 2. The van der Waals surface area contributed by atoms with Crippen molar-refractivity contribution in [1.29, 1.82) is 0 Å². The minimum atomic E-state index is -0.307. The van der Waals surface area contributed by atoms with Crippen molar-refractivity contribution in [2.75, 3.05) is 27.2 Å². The molecule has 0 bridgehead atoms. The summed E-state index contributed by atoms with van der Waals surface area (Å²) in [4.78, 5) is 31.0. The zero-order chi connectivity index (χ0) is 18.4. The Morgan fingerprint density at radius 3 is 2.36 bits per heavy atom. The van der Waals surface area contributed by atoms with E-state index in [4.69, 9.17) is 0 Å². The van der Waals surface area contributed by atoms with Gasteiger partial charge in [-0.25, -0.2) is 0 Å². The Balaban J connectivity index is 1.94. The molecule has 1 heterocycles. The molecule has 2 rings (SSSR count). The van der Waals surface area contributed by atoms with Crippen molar-refractivity contribution in [1.82, 2.24) is 15.5 Å². The van der Waals surface area contributed by atoms with E-state index in [1.54, 1.807) is 12.1 Å². The lowest BCUT2D eigenvalue weighted by atomic mass is 10.1. The maximum atomic E-state index is 12.5. The van der Waals surface area contributed by atoms with Gasteiger partial charge in [-0.2, -0.15) is 0 Å². The minimum Gasteiger partial charge on any atom is -0.348 e. The van der Waals surface area contributed by atoms with Crippen LogP contribution in [0.1, 0.15) is 28.8 Å². The predicted octanol–water partition coefficient (Wildman–Crippen LogP) is 1.52. The number of hydrogen-bond acceptors (Lipinski definition) is 4. The first-order valence-corrected chi connectivity index (χ1v) is 8.44. The molecule has 2 amide bonds. The molecule has 2 N–H and O–H groups in total. The second-order valence-electron chi connectivity index (χ2n) is 6.42. The number of aliphatic imine (C=N–C) groups is 1. The lowest BCUT2D eigenvalue weighted by Crippen LogP contribution is -2.47. The summed E-state index contributed by atoms with van der Waals surface area (Å²) in [6, 6.07) is 7.32. The van der Waals surface area contributed by atoms with Crippen LogP contribution in [0.5, 0.6) is 0 Å². The van der Waals surface area contributed by atoms with Crippen LogP contribution in [0.25, 0.3) is 0 Å². The number of aryl methyl sites for hydroxylation is 1. The second kappa shape index (κ2) is 8.58. The van der Waals surface area contributed by atoms with Gasteiger partial charge < -0.3 is 15.5 Å². The van der Waals surface area contributed by atoms with E-state index >= 15 is 0 Å². The van der Waals surface area contributed by atoms with Crippen LogP contribution >= 0.6 is 0 Å². The fraction of sp³-hybridized carbons (Fsp3) is 0.421. The van der Waals surface area contributed by atoms with Gasteiger partial charge >= 0.3 is 0 Å². The Morgan fingerprint density at radius 2 is 1.80 bits per heavy atom. The highest BCUT2D eigenvalue weighted by atomic mass is 16.2. The number of amides is 2. The Kier molecular flexibility index (Phi) is 6.47. The van der Waals surface area contributed by atoms with Gasteiger partial charge in [-0.15, -0.1) is 0 Å². The van der Waals surface area contributed by atoms with Crippen molar-refractivity contribution in [2.45, 2.75) is 25.8 Å². The van der Waals surface area contributed by atoms with Crippen LogP contribution in [0.3, 0.4) is 0 Å². The van der Waals surface area contributed by atoms with E-state index in [0.717, 1.165) is 31.5 Å². The SMILES string of the molecule is C=C(NC(=O)c1ccc(C)cc1)/C(=N\C)C(=O)NC1CCN(C)CC1. The summed E-state index contributed by atoms with van der Waals surface area (Å²) in [5, 5.41) is 5.64. The quantitative estimate of drug-likeness (QED) is 0.797. The van der Waals surface area contributed by atoms with E-state index in [0.29, 0.717) is 5.56 Å². The summed E-state index contributed by atoms with van der Waals surface area (Å²) < 4.78 is 0. The van der Waals surface area contributed by atoms with E-state index in [2.05, 4.69) is 34.2 Å². The maximum absolute atomic E-state index is 12.5. The molecule has 0 atom stereocenters. The number of nitrogens with one attached hydrogen (secondary N) is 2. The van der Waals surface area contributed by atoms with Crippen LogP contribution in [-0.2, 0) is 4.79 Å². The molecule has 0 aliphatic carbocycles. The maximum Gasteiger partial charge on any atom is 0.271 e. The van der Waals surface area contributed by atoms with Gasteiger partial charge in [0, 0.05) is 18.7 Å². The van der Waals surface area contributed by atoms with Gasteiger partial charge in [0.15, 0.2) is 0 Å². The molecule has 1 aliphatic heterocycles. The number of nitrogens with zero attached hydrogens (tertiary/aromatic N) is 2. The van der Waals surface area contributed by atoms with Gasteiger partial charge in [-0.05, 0) is 52.0 Å². The van der Waals surface area contributed by atoms with E-state index in [1.807, 2.05) is 19.1 Å². The third kappa shape index (κ3) is 5.26. The van der Waals surface area contributed by atoms with E-state index < -0.39 is 0 Å². The number of carbonyl (C=O) groups is 2. The molecule has 6 nitrogen and oxygen atoms in total. The summed E-state index contributed by atoms with van der Waals surface area (Å²) in [7, 11) is 3.59. The average Bonchev–Trinajstić information content (AvgIpc) is 2.58. The van der Waals surface area contributed by atoms with Crippen LogP contribution in [0.15, 0.2) is 41.5 Å². The molecule has 1 aliphatic rings. The first-order chi connectivity index (χ1) is 11.9. The molecule has 134 valence electrons. The second-order valence-corrected chi connectivity index (χ2v) is 6.42. The highest BCUT2D eigenvalue weighted by Gasteiger charge is 2.22. The molecule has 0 spiro atoms. The first-order valence-electron chi connectivity index (χ1n) is 8.44. The van der Waals surface area contributed by atoms with E-state index in [1.165, 1.54) is 7.05 Å². The summed E-state index contributed by atoms with van der Waals surface area (Å²) in [5.74, 6) is -0.607. The molecule has 1 saturated heterocycles. The normalized spacial score (nSPS) is 16.4. The van der Waals surface area contributed by atoms with Crippen LogP contribution in [-0.4, -0.2) is 55.7 Å². The van der Waals surface area contributed by atoms with Crippen LogP contribution in [0, 0.1) is 6.92 Å². The highest BCUT2D eigenvalue weighted by Crippen LogP contribution is 2.09. The molecule has 6 heteroatoms. The van der Waals surface area contributed by atoms with Crippen molar-refractivity contribution in [3.8, 4) is 0 Å².